The van der Waals surface area contributed by atoms with Gasteiger partial charge in [0.2, 0.25) is 0 Å². The van der Waals surface area contributed by atoms with Crippen LogP contribution in [0.3, 0.4) is 0 Å². The molecule has 0 aliphatic heterocycles. The Bertz CT molecular complexity index is 836. The number of hydrogen-bond donors (Lipinski definition) is 6. The Morgan fingerprint density at radius 2 is 1.28 bits per heavy atom. The first kappa shape index (κ1) is 26.3. The molecule has 6 N–H and O–H groups in total. The first-order chi connectivity index (χ1) is 15.1. The summed E-state index contributed by atoms with van der Waals surface area (Å²) in [6.45, 7) is 0.988. The van der Waals surface area contributed by atoms with E-state index in [0.717, 1.165) is 5.56 Å². The molecule has 0 saturated carbocycles. The van der Waals surface area contributed by atoms with E-state index in [-0.39, 0.29) is 18.2 Å². The van der Waals surface area contributed by atoms with Crippen molar-refractivity contribution in [3.63, 3.8) is 0 Å². The third-order valence-electron chi connectivity index (χ3n) is 5.94. The molecule has 0 amide bonds. The van der Waals surface area contributed by atoms with Crippen LogP contribution < -0.4 is 0 Å². The molecule has 0 heterocycles. The van der Waals surface area contributed by atoms with Gasteiger partial charge in [0.25, 0.3) is 0 Å². The summed E-state index contributed by atoms with van der Waals surface area (Å²) in [5.74, 6) is -1.72. The molecule has 2 aromatic rings. The van der Waals surface area contributed by atoms with Crippen molar-refractivity contribution in [1.29, 1.82) is 0 Å². The van der Waals surface area contributed by atoms with E-state index in [0.29, 0.717) is 18.4 Å². The molecular weight excluding hydrogens is 422 g/mol. The third kappa shape index (κ3) is 7.30. The van der Waals surface area contributed by atoms with Crippen molar-refractivity contribution in [1.82, 2.24) is 0 Å². The van der Waals surface area contributed by atoms with Gasteiger partial charge in [-0.05, 0) is 66.5 Å². The van der Waals surface area contributed by atoms with Crippen LogP contribution in [0.5, 0.6) is 0 Å². The summed E-state index contributed by atoms with van der Waals surface area (Å²) in [5, 5.41) is 60.0. The van der Waals surface area contributed by atoms with Gasteiger partial charge in [0.15, 0.2) is 0 Å². The maximum Gasteiger partial charge on any atom is 0.123 e. The van der Waals surface area contributed by atoms with Crippen molar-refractivity contribution in [3.8, 4) is 0 Å². The zero-order valence-electron chi connectivity index (χ0n) is 17.9. The molecule has 0 aliphatic rings. The quantitative estimate of drug-likeness (QED) is 0.287. The van der Waals surface area contributed by atoms with Crippen molar-refractivity contribution in [2.45, 2.75) is 56.7 Å². The van der Waals surface area contributed by atoms with Crippen LogP contribution >= 0.6 is 0 Å². The molecule has 0 saturated heterocycles. The van der Waals surface area contributed by atoms with Gasteiger partial charge in [0, 0.05) is 0 Å². The number of halogens is 2. The van der Waals surface area contributed by atoms with E-state index in [2.05, 4.69) is 0 Å². The van der Waals surface area contributed by atoms with Gasteiger partial charge in [-0.1, -0.05) is 31.2 Å². The highest BCUT2D eigenvalue weighted by atomic mass is 19.1. The van der Waals surface area contributed by atoms with Gasteiger partial charge in [0.05, 0.1) is 12.7 Å². The van der Waals surface area contributed by atoms with Crippen molar-refractivity contribution >= 4 is 0 Å². The molecule has 0 spiro atoms. The highest BCUT2D eigenvalue weighted by molar-refractivity contribution is 5.18. The lowest BCUT2D eigenvalue weighted by molar-refractivity contribution is -0.152. The lowest BCUT2D eigenvalue weighted by atomic mass is 9.77. The van der Waals surface area contributed by atoms with Gasteiger partial charge in [-0.15, -0.1) is 0 Å². The number of hydrogen-bond acceptors (Lipinski definition) is 6. The SMILES string of the molecule is CC(CCc1cccc(F)c1)C(Cc1cccc(F)c1)C(O)[C@@H](O)[C@@H](O)[C@H](O)[C@@H](O)CO. The molecule has 0 aliphatic carbocycles. The maximum absolute atomic E-state index is 13.7. The number of rotatable bonds is 12. The number of benzene rings is 2. The fourth-order valence-electron chi connectivity index (χ4n) is 3.89. The lowest BCUT2D eigenvalue weighted by Gasteiger charge is -2.35. The van der Waals surface area contributed by atoms with E-state index in [1.54, 1.807) is 18.2 Å². The molecule has 6 nitrogen and oxygen atoms in total. The summed E-state index contributed by atoms with van der Waals surface area (Å²) in [7, 11) is 0. The van der Waals surface area contributed by atoms with E-state index in [9.17, 15) is 34.3 Å². The second-order valence-electron chi connectivity index (χ2n) is 8.36. The molecule has 2 aromatic carbocycles. The molecule has 7 atom stereocenters. The van der Waals surface area contributed by atoms with Crippen molar-refractivity contribution in [3.05, 3.63) is 71.3 Å². The van der Waals surface area contributed by atoms with E-state index < -0.39 is 48.9 Å². The zero-order chi connectivity index (χ0) is 23.8. The Kier molecular flexibility index (Phi) is 10.1. The van der Waals surface area contributed by atoms with Gasteiger partial charge >= 0.3 is 0 Å². The standard InChI is InChI=1S/C24H32F2O6/c1-14(8-9-15-4-2-6-17(25)10-15)19(12-16-5-3-7-18(26)11-16)21(29)23(31)24(32)22(30)20(28)13-27/h2-7,10-11,14,19-24,27-32H,8-9,12-13H2,1H3/t14?,19?,20-,21?,22+,23+,24-/m0/s1. The Morgan fingerprint density at radius 1 is 0.750 bits per heavy atom. The predicted molar refractivity (Wildman–Crippen MR) is 115 cm³/mol. The third-order valence-corrected chi connectivity index (χ3v) is 5.94. The van der Waals surface area contributed by atoms with Crippen LogP contribution in [0, 0.1) is 23.5 Å². The molecule has 0 radical (unpaired) electrons. The van der Waals surface area contributed by atoms with Crippen LogP contribution in [-0.4, -0.2) is 67.8 Å². The molecule has 32 heavy (non-hydrogen) atoms. The minimum atomic E-state index is -1.92. The molecule has 0 aromatic heterocycles. The number of aliphatic hydroxyl groups is 6. The van der Waals surface area contributed by atoms with Crippen LogP contribution in [0.25, 0.3) is 0 Å². The normalized spacial score (nSPS) is 18.4. The Hall–Kier alpha value is -1.94. The highest BCUT2D eigenvalue weighted by Gasteiger charge is 2.39. The topological polar surface area (TPSA) is 121 Å². The second kappa shape index (κ2) is 12.3. The summed E-state index contributed by atoms with van der Waals surface area (Å²) in [4.78, 5) is 0. The van der Waals surface area contributed by atoms with Crippen LogP contribution in [0.15, 0.2) is 48.5 Å². The van der Waals surface area contributed by atoms with Crippen molar-refractivity contribution in [2.75, 3.05) is 6.61 Å². The van der Waals surface area contributed by atoms with E-state index in [1.807, 2.05) is 6.92 Å². The summed E-state index contributed by atoms with van der Waals surface area (Å²) in [6, 6.07) is 11.9. The molecular formula is C24H32F2O6. The lowest BCUT2D eigenvalue weighted by Crippen LogP contribution is -2.52. The minimum Gasteiger partial charge on any atom is -0.394 e. The van der Waals surface area contributed by atoms with Crippen LogP contribution in [-0.2, 0) is 12.8 Å². The maximum atomic E-state index is 13.7. The molecule has 2 rings (SSSR count). The molecule has 0 bridgehead atoms. The fourth-order valence-corrected chi connectivity index (χ4v) is 3.89. The molecule has 0 fully saturated rings. The summed E-state index contributed by atoms with van der Waals surface area (Å²) < 4.78 is 27.1. The Balaban J connectivity index is 2.20. The molecule has 8 heteroatoms. The van der Waals surface area contributed by atoms with Gasteiger partial charge in [-0.3, -0.25) is 0 Å². The molecule has 178 valence electrons. The van der Waals surface area contributed by atoms with Crippen LogP contribution in [0.2, 0.25) is 0 Å². The summed E-state index contributed by atoms with van der Waals surface area (Å²) in [6.07, 6.45) is -7.68. The fraction of sp³-hybridized carbons (Fsp3) is 0.500. The monoisotopic (exact) mass is 454 g/mol. The number of aliphatic hydroxyl groups excluding tert-OH is 6. The average Bonchev–Trinajstić information content (AvgIpc) is 2.78. The van der Waals surface area contributed by atoms with Crippen LogP contribution in [0.1, 0.15) is 24.5 Å². The zero-order valence-corrected chi connectivity index (χ0v) is 17.9. The number of aryl methyl sites for hydroxylation is 1. The van der Waals surface area contributed by atoms with Gasteiger partial charge in [-0.2, -0.15) is 0 Å². The Labute approximate surface area is 186 Å². The van der Waals surface area contributed by atoms with Crippen molar-refractivity contribution < 1.29 is 39.4 Å². The summed E-state index contributed by atoms with van der Waals surface area (Å²) in [5.41, 5.74) is 1.34. The van der Waals surface area contributed by atoms with Gasteiger partial charge in [-0.25, -0.2) is 8.78 Å². The second-order valence-corrected chi connectivity index (χ2v) is 8.36. The van der Waals surface area contributed by atoms with Crippen molar-refractivity contribution in [2.24, 2.45) is 11.8 Å². The predicted octanol–water partition coefficient (Wildman–Crippen LogP) is 1.19. The average molecular weight is 455 g/mol. The smallest absolute Gasteiger partial charge is 0.123 e. The minimum absolute atomic E-state index is 0.172. The first-order valence-electron chi connectivity index (χ1n) is 10.6. The van der Waals surface area contributed by atoms with Gasteiger partial charge < -0.3 is 30.6 Å². The molecule has 3 unspecified atom stereocenters. The van der Waals surface area contributed by atoms with E-state index in [4.69, 9.17) is 5.11 Å². The van der Waals surface area contributed by atoms with Crippen LogP contribution in [0.4, 0.5) is 8.78 Å². The first-order valence-corrected chi connectivity index (χ1v) is 10.6. The van der Waals surface area contributed by atoms with Gasteiger partial charge in [0.1, 0.15) is 36.1 Å². The van der Waals surface area contributed by atoms with E-state index in [1.165, 1.54) is 30.3 Å². The highest BCUT2D eigenvalue weighted by Crippen LogP contribution is 2.29. The Morgan fingerprint density at radius 3 is 1.84 bits per heavy atom. The van der Waals surface area contributed by atoms with E-state index >= 15 is 0 Å². The summed E-state index contributed by atoms with van der Waals surface area (Å²) >= 11 is 0. The largest absolute Gasteiger partial charge is 0.394 e.